The smallest absolute Gasteiger partial charge is 0.0588 e. The Morgan fingerprint density at radius 2 is 1.50 bits per heavy atom. The van der Waals surface area contributed by atoms with Crippen LogP contribution in [0.1, 0.15) is 0 Å². The van der Waals surface area contributed by atoms with Crippen molar-refractivity contribution in [3.63, 3.8) is 0 Å². The Hall–Kier alpha value is -2.16. The maximum Gasteiger partial charge on any atom is 0.0588 e. The molecule has 0 N–H and O–H groups in total. The van der Waals surface area contributed by atoms with Gasteiger partial charge in [0.1, 0.15) is 0 Å². The quantitative estimate of drug-likeness (QED) is 0.732. The molecule has 0 bridgehead atoms. The molecular weight excluding hydrogens is 222 g/mol. The fourth-order valence-corrected chi connectivity index (χ4v) is 2.19. The van der Waals surface area contributed by atoms with E-state index in [-0.39, 0.29) is 0 Å². The van der Waals surface area contributed by atoms with Crippen LogP contribution >= 0.6 is 0 Å². The molecule has 3 rings (SSSR count). The summed E-state index contributed by atoms with van der Waals surface area (Å²) in [5.41, 5.74) is 1.23. The van der Waals surface area contributed by atoms with E-state index in [2.05, 4.69) is 82.1 Å². The van der Waals surface area contributed by atoms with Crippen LogP contribution in [0.3, 0.4) is 0 Å². The third-order valence-electron chi connectivity index (χ3n) is 3.14. The molecule has 0 saturated heterocycles. The molecule has 3 heteroatoms. The summed E-state index contributed by atoms with van der Waals surface area (Å²) in [6, 6.07) is 0. The van der Waals surface area contributed by atoms with Gasteiger partial charge >= 0.3 is 0 Å². The van der Waals surface area contributed by atoms with Gasteiger partial charge in [0.15, 0.2) is 0 Å². The molecule has 0 unspecified atom stereocenters. The second kappa shape index (κ2) is 5.00. The van der Waals surface area contributed by atoms with Crippen molar-refractivity contribution in [3.8, 4) is 0 Å². The summed E-state index contributed by atoms with van der Waals surface area (Å²) in [5.74, 6) is 0. The van der Waals surface area contributed by atoms with E-state index < -0.39 is 0 Å². The van der Waals surface area contributed by atoms with Crippen LogP contribution in [-0.4, -0.2) is 34.6 Å². The molecule has 92 valence electrons. The molecule has 0 aromatic rings. The summed E-state index contributed by atoms with van der Waals surface area (Å²) in [7, 11) is 0. The summed E-state index contributed by atoms with van der Waals surface area (Å²) in [6.07, 6.45) is 23.4. The molecular formula is C15H17N3. The predicted molar refractivity (Wildman–Crippen MR) is 73.9 cm³/mol. The number of nitrogens with zero attached hydrogens (tertiary/aromatic N) is 3. The van der Waals surface area contributed by atoms with E-state index in [1.807, 2.05) is 0 Å². The lowest BCUT2D eigenvalue weighted by Gasteiger charge is -2.36. The number of hydrogen-bond acceptors (Lipinski definition) is 3. The molecule has 3 heterocycles. The first-order chi connectivity index (χ1) is 8.93. The van der Waals surface area contributed by atoms with Gasteiger partial charge in [0.05, 0.1) is 18.8 Å². The van der Waals surface area contributed by atoms with Crippen LogP contribution in [0.2, 0.25) is 0 Å². The van der Waals surface area contributed by atoms with Crippen LogP contribution in [0.4, 0.5) is 0 Å². The molecule has 3 aliphatic heterocycles. The molecule has 0 atom stereocenters. The van der Waals surface area contributed by atoms with E-state index in [0.29, 0.717) is 0 Å². The van der Waals surface area contributed by atoms with E-state index in [1.54, 1.807) is 0 Å². The number of hydrogen-bond donors (Lipinski definition) is 0. The maximum absolute atomic E-state index is 2.24. The zero-order valence-corrected chi connectivity index (χ0v) is 10.3. The Morgan fingerprint density at radius 1 is 0.722 bits per heavy atom. The van der Waals surface area contributed by atoms with Gasteiger partial charge in [-0.1, -0.05) is 30.4 Å². The van der Waals surface area contributed by atoms with Crippen LogP contribution in [0.5, 0.6) is 0 Å². The van der Waals surface area contributed by atoms with Crippen LogP contribution in [0.15, 0.2) is 72.9 Å². The van der Waals surface area contributed by atoms with Crippen molar-refractivity contribution in [3.05, 3.63) is 72.9 Å². The third-order valence-corrected chi connectivity index (χ3v) is 3.14. The first kappa shape index (κ1) is 11.0. The molecule has 0 aromatic carbocycles. The Kier molecular flexibility index (Phi) is 3.05. The lowest BCUT2D eigenvalue weighted by molar-refractivity contribution is 0.0985. The van der Waals surface area contributed by atoms with E-state index in [0.717, 1.165) is 19.6 Å². The Bertz CT molecular complexity index is 480. The normalized spacial score (nSPS) is 21.8. The number of rotatable bonds is 2. The second-order valence-electron chi connectivity index (χ2n) is 4.39. The topological polar surface area (TPSA) is 9.72 Å². The number of allylic oxidation sites excluding steroid dienone is 5. The molecule has 3 aliphatic rings. The van der Waals surface area contributed by atoms with Crippen LogP contribution in [0, 0.1) is 0 Å². The molecule has 0 amide bonds. The average Bonchev–Trinajstić information content (AvgIpc) is 2.49. The zero-order valence-electron chi connectivity index (χ0n) is 10.3. The molecule has 0 aliphatic carbocycles. The van der Waals surface area contributed by atoms with Crippen molar-refractivity contribution in [1.82, 2.24) is 14.9 Å². The Labute approximate surface area is 108 Å². The van der Waals surface area contributed by atoms with Crippen molar-refractivity contribution in [2.24, 2.45) is 0 Å². The Morgan fingerprint density at radius 3 is 2.22 bits per heavy atom. The molecule has 0 spiro atoms. The van der Waals surface area contributed by atoms with Gasteiger partial charge in [0, 0.05) is 25.1 Å². The highest BCUT2D eigenvalue weighted by Crippen LogP contribution is 2.17. The van der Waals surface area contributed by atoms with Gasteiger partial charge in [0.2, 0.25) is 0 Å². The highest BCUT2D eigenvalue weighted by atomic mass is 15.6. The van der Waals surface area contributed by atoms with Gasteiger partial charge in [-0.05, 0) is 18.2 Å². The van der Waals surface area contributed by atoms with Crippen molar-refractivity contribution in [1.29, 1.82) is 0 Å². The Balaban J connectivity index is 1.74. The fourth-order valence-electron chi connectivity index (χ4n) is 2.19. The first-order valence-corrected chi connectivity index (χ1v) is 6.28. The lowest BCUT2D eigenvalue weighted by Crippen LogP contribution is -2.38. The highest BCUT2D eigenvalue weighted by Gasteiger charge is 2.14. The van der Waals surface area contributed by atoms with Crippen molar-refractivity contribution in [2.75, 3.05) is 19.6 Å². The minimum atomic E-state index is 0.926. The largest absolute Gasteiger partial charge is 0.343 e. The zero-order chi connectivity index (χ0) is 12.2. The van der Waals surface area contributed by atoms with E-state index in [9.17, 15) is 0 Å². The van der Waals surface area contributed by atoms with Crippen LogP contribution in [-0.2, 0) is 0 Å². The lowest BCUT2D eigenvalue weighted by atomic mass is 10.2. The van der Waals surface area contributed by atoms with Crippen LogP contribution in [0.25, 0.3) is 0 Å². The molecule has 18 heavy (non-hydrogen) atoms. The van der Waals surface area contributed by atoms with Gasteiger partial charge in [-0.3, -0.25) is 10.0 Å². The monoisotopic (exact) mass is 239 g/mol. The predicted octanol–water partition coefficient (Wildman–Crippen LogP) is 2.39. The van der Waals surface area contributed by atoms with Gasteiger partial charge in [-0.15, -0.1) is 0 Å². The molecule has 3 nitrogen and oxygen atoms in total. The molecule has 0 saturated carbocycles. The average molecular weight is 239 g/mol. The minimum absolute atomic E-state index is 0.926. The maximum atomic E-state index is 2.24. The summed E-state index contributed by atoms with van der Waals surface area (Å²) in [6.45, 7) is 2.80. The summed E-state index contributed by atoms with van der Waals surface area (Å²) in [4.78, 5) is 2.24. The van der Waals surface area contributed by atoms with Crippen molar-refractivity contribution in [2.45, 2.75) is 0 Å². The SMILES string of the molecule is C1=CCN(C2=CN(N3C=CC=CC3)CC=C2)C=C1. The number of hydrazine groups is 1. The van der Waals surface area contributed by atoms with E-state index in [1.165, 1.54) is 5.70 Å². The fraction of sp³-hybridized carbons (Fsp3) is 0.200. The first-order valence-electron chi connectivity index (χ1n) is 6.28. The van der Waals surface area contributed by atoms with Gasteiger partial charge in [0.25, 0.3) is 0 Å². The molecule has 0 fully saturated rings. The summed E-state index contributed by atoms with van der Waals surface area (Å²) in [5, 5.41) is 4.45. The highest BCUT2D eigenvalue weighted by molar-refractivity contribution is 5.26. The second-order valence-corrected chi connectivity index (χ2v) is 4.39. The third kappa shape index (κ3) is 2.25. The van der Waals surface area contributed by atoms with Gasteiger partial charge < -0.3 is 4.90 Å². The van der Waals surface area contributed by atoms with Crippen LogP contribution < -0.4 is 0 Å². The molecule has 0 radical (unpaired) electrons. The van der Waals surface area contributed by atoms with Gasteiger partial charge in [-0.2, -0.15) is 0 Å². The standard InChI is InChI=1S/C15H17N3/c1-3-9-16(10-4-1)15-8-7-13-18(14-15)17-11-5-2-6-12-17/h1-9,11,14H,10,12-13H2. The van der Waals surface area contributed by atoms with Gasteiger partial charge in [-0.25, -0.2) is 0 Å². The van der Waals surface area contributed by atoms with E-state index in [4.69, 9.17) is 0 Å². The molecule has 0 aromatic heterocycles. The summed E-state index contributed by atoms with van der Waals surface area (Å²) >= 11 is 0. The van der Waals surface area contributed by atoms with Crippen molar-refractivity contribution < 1.29 is 0 Å². The van der Waals surface area contributed by atoms with E-state index >= 15 is 0 Å². The minimum Gasteiger partial charge on any atom is -0.343 e. The summed E-state index contributed by atoms with van der Waals surface area (Å²) < 4.78 is 0. The van der Waals surface area contributed by atoms with Crippen molar-refractivity contribution >= 4 is 0 Å².